The van der Waals surface area contributed by atoms with E-state index in [2.05, 4.69) is 0 Å². The standard InChI is InChI=1S/C22H17BF10N/c24-13-11(14(25)18(29)21(32)17(13)28)23(12-15(26)19(30)22(33)20(31)16(12)27)9-5-4-6-10(9)34-7-2-1-3-8-34/h9H,1-8H2/q+1. The molecule has 0 bridgehead atoms. The van der Waals surface area contributed by atoms with Crippen LogP contribution < -0.4 is 10.9 Å². The van der Waals surface area contributed by atoms with Crippen molar-refractivity contribution in [1.29, 1.82) is 0 Å². The third-order valence-corrected chi connectivity index (χ3v) is 6.65. The van der Waals surface area contributed by atoms with Crippen LogP contribution in [0.2, 0.25) is 5.82 Å². The molecule has 182 valence electrons. The molecule has 1 nitrogen and oxygen atoms in total. The fourth-order valence-electron chi connectivity index (χ4n) is 5.12. The van der Waals surface area contributed by atoms with Gasteiger partial charge in [0.15, 0.2) is 58.2 Å². The van der Waals surface area contributed by atoms with Gasteiger partial charge in [-0.05, 0) is 19.3 Å². The minimum Gasteiger partial charge on any atom is -0.237 e. The van der Waals surface area contributed by atoms with Crippen LogP contribution >= 0.6 is 0 Å². The molecule has 1 atom stereocenters. The van der Waals surface area contributed by atoms with E-state index in [-0.39, 0.29) is 12.8 Å². The van der Waals surface area contributed by atoms with Gasteiger partial charge in [0.05, 0.1) is 0 Å². The molecule has 1 aliphatic heterocycles. The zero-order valence-corrected chi connectivity index (χ0v) is 17.5. The Morgan fingerprint density at radius 3 is 1.29 bits per heavy atom. The van der Waals surface area contributed by atoms with Crippen LogP contribution in [-0.2, 0) is 0 Å². The second-order valence-corrected chi connectivity index (χ2v) is 8.48. The third kappa shape index (κ3) is 3.78. The Labute approximate surface area is 188 Å². The summed E-state index contributed by atoms with van der Waals surface area (Å²) in [6.45, 7) is -1.38. The van der Waals surface area contributed by atoms with Crippen molar-refractivity contribution in [3.05, 3.63) is 58.2 Å². The van der Waals surface area contributed by atoms with Gasteiger partial charge in [-0.2, -0.15) is 0 Å². The van der Waals surface area contributed by atoms with E-state index in [0.29, 0.717) is 25.2 Å². The van der Waals surface area contributed by atoms with Crippen LogP contribution in [0.5, 0.6) is 0 Å². The van der Waals surface area contributed by atoms with Crippen LogP contribution in [0, 0.1) is 58.2 Å². The summed E-state index contributed by atoms with van der Waals surface area (Å²) in [5.74, 6) is -25.3. The first-order chi connectivity index (χ1) is 16.1. The Morgan fingerprint density at radius 1 is 0.500 bits per heavy atom. The maximum absolute atomic E-state index is 14.9. The van der Waals surface area contributed by atoms with Crippen molar-refractivity contribution in [2.45, 2.75) is 44.3 Å². The van der Waals surface area contributed by atoms with Crippen molar-refractivity contribution >= 4 is 23.4 Å². The van der Waals surface area contributed by atoms with Gasteiger partial charge in [-0.3, -0.25) is 0 Å². The first-order valence-corrected chi connectivity index (χ1v) is 10.7. The van der Waals surface area contributed by atoms with Crippen LogP contribution in [0.1, 0.15) is 38.5 Å². The summed E-state index contributed by atoms with van der Waals surface area (Å²) in [4.78, 5) is 0. The molecule has 0 amide bonds. The molecular formula is C22H17BF10N+. The van der Waals surface area contributed by atoms with E-state index in [1.54, 1.807) is 4.58 Å². The minimum atomic E-state index is -2.50. The van der Waals surface area contributed by atoms with Gasteiger partial charge < -0.3 is 0 Å². The predicted molar refractivity (Wildman–Crippen MR) is 104 cm³/mol. The predicted octanol–water partition coefficient (Wildman–Crippen LogP) is 4.88. The largest absolute Gasteiger partial charge is 0.239 e. The molecule has 34 heavy (non-hydrogen) atoms. The van der Waals surface area contributed by atoms with Gasteiger partial charge in [-0.1, -0.05) is 0 Å². The molecule has 1 aliphatic carbocycles. The SMILES string of the molecule is Fc1c(F)c(F)c(B(c2c(F)c(F)c(F)c(F)c2F)C2CCCC2=[N+]2CCCCC2)c(F)c1F. The molecule has 0 spiro atoms. The fraction of sp³-hybridized carbons (Fsp3) is 0.409. The second-order valence-electron chi connectivity index (χ2n) is 8.48. The molecule has 1 heterocycles. The molecule has 2 aromatic carbocycles. The van der Waals surface area contributed by atoms with Gasteiger partial charge in [0.1, 0.15) is 18.8 Å². The highest BCUT2D eigenvalue weighted by molar-refractivity contribution is 6.89. The van der Waals surface area contributed by atoms with Crippen molar-refractivity contribution in [2.24, 2.45) is 0 Å². The van der Waals surface area contributed by atoms with Crippen LogP contribution in [0.25, 0.3) is 0 Å². The Kier molecular flexibility index (Phi) is 6.70. The van der Waals surface area contributed by atoms with Crippen LogP contribution in [0.4, 0.5) is 43.9 Å². The molecule has 4 rings (SSSR count). The molecule has 2 aliphatic rings. The number of hydrogen-bond acceptors (Lipinski definition) is 0. The summed E-state index contributed by atoms with van der Waals surface area (Å²) in [6, 6.07) is 0. The van der Waals surface area contributed by atoms with Crippen molar-refractivity contribution in [2.75, 3.05) is 13.1 Å². The lowest BCUT2D eigenvalue weighted by molar-refractivity contribution is -0.539. The average Bonchev–Trinajstić information content (AvgIpc) is 3.33. The zero-order chi connectivity index (χ0) is 24.9. The zero-order valence-electron chi connectivity index (χ0n) is 17.5. The minimum absolute atomic E-state index is 0.0184. The molecule has 1 saturated heterocycles. The second kappa shape index (κ2) is 9.26. The van der Waals surface area contributed by atoms with E-state index in [4.69, 9.17) is 0 Å². The number of benzene rings is 2. The summed E-state index contributed by atoms with van der Waals surface area (Å²) in [6.07, 6.45) is 2.93. The first-order valence-electron chi connectivity index (χ1n) is 10.7. The van der Waals surface area contributed by atoms with Crippen LogP contribution in [-0.4, -0.2) is 30.1 Å². The quantitative estimate of drug-likeness (QED) is 0.188. The van der Waals surface area contributed by atoms with Crippen LogP contribution in [0.3, 0.4) is 0 Å². The first kappa shape index (κ1) is 24.6. The average molecular weight is 496 g/mol. The van der Waals surface area contributed by atoms with Gasteiger partial charge in [0, 0.05) is 36.0 Å². The third-order valence-electron chi connectivity index (χ3n) is 6.65. The van der Waals surface area contributed by atoms with E-state index in [0.717, 1.165) is 19.3 Å². The molecule has 0 radical (unpaired) electrons. The lowest BCUT2D eigenvalue weighted by Crippen LogP contribution is -2.55. The van der Waals surface area contributed by atoms with E-state index in [9.17, 15) is 43.9 Å². The Morgan fingerprint density at radius 2 is 0.882 bits per heavy atom. The molecule has 1 saturated carbocycles. The number of rotatable bonds is 3. The summed E-state index contributed by atoms with van der Waals surface area (Å²) >= 11 is 0. The monoisotopic (exact) mass is 496 g/mol. The number of piperidine rings is 1. The normalized spacial score (nSPS) is 18.7. The maximum atomic E-state index is 14.9. The molecule has 0 aromatic heterocycles. The smallest absolute Gasteiger partial charge is 0.237 e. The highest BCUT2D eigenvalue weighted by Gasteiger charge is 2.48. The van der Waals surface area contributed by atoms with Gasteiger partial charge >= 0.3 is 0 Å². The molecule has 0 N–H and O–H groups in total. The van der Waals surface area contributed by atoms with Crippen LogP contribution in [0.15, 0.2) is 0 Å². The number of nitrogens with zero attached hydrogens (tertiary/aromatic N) is 1. The summed E-state index contributed by atoms with van der Waals surface area (Å²) in [5.41, 5.74) is -2.82. The highest BCUT2D eigenvalue weighted by Crippen LogP contribution is 2.34. The lowest BCUT2D eigenvalue weighted by atomic mass is 9.32. The van der Waals surface area contributed by atoms with E-state index in [1.165, 1.54) is 0 Å². The van der Waals surface area contributed by atoms with Crippen molar-refractivity contribution in [3.63, 3.8) is 0 Å². The Bertz CT molecular complexity index is 1060. The number of hydrogen-bond donors (Lipinski definition) is 0. The molecular weight excluding hydrogens is 479 g/mol. The summed E-state index contributed by atoms with van der Waals surface area (Å²) < 4.78 is 145. The summed E-state index contributed by atoms with van der Waals surface area (Å²) in [5, 5.41) is 0. The topological polar surface area (TPSA) is 3.01 Å². The van der Waals surface area contributed by atoms with Crippen molar-refractivity contribution in [3.8, 4) is 0 Å². The number of halogens is 10. The van der Waals surface area contributed by atoms with E-state index in [1.807, 2.05) is 0 Å². The van der Waals surface area contributed by atoms with Gasteiger partial charge in [0.25, 0.3) is 0 Å². The molecule has 1 unspecified atom stereocenters. The van der Waals surface area contributed by atoms with Gasteiger partial charge in [-0.25, -0.2) is 48.5 Å². The maximum Gasteiger partial charge on any atom is 0.239 e. The molecule has 12 heteroatoms. The van der Waals surface area contributed by atoms with E-state index < -0.39 is 81.6 Å². The molecule has 2 aromatic rings. The fourth-order valence-corrected chi connectivity index (χ4v) is 5.12. The van der Waals surface area contributed by atoms with E-state index >= 15 is 0 Å². The summed E-state index contributed by atoms with van der Waals surface area (Å²) in [7, 11) is 0. The van der Waals surface area contributed by atoms with Gasteiger partial charge in [-0.15, -0.1) is 0 Å². The molecule has 2 fully saturated rings. The van der Waals surface area contributed by atoms with Gasteiger partial charge in [0.2, 0.25) is 6.71 Å². The highest BCUT2D eigenvalue weighted by atomic mass is 19.2. The Balaban J connectivity index is 2.07. The lowest BCUT2D eigenvalue weighted by Gasteiger charge is -2.25. The van der Waals surface area contributed by atoms with Crippen molar-refractivity contribution < 1.29 is 48.5 Å². The Hall–Kier alpha value is -2.53. The van der Waals surface area contributed by atoms with Crippen molar-refractivity contribution in [1.82, 2.24) is 0 Å².